The van der Waals surface area contributed by atoms with Crippen molar-refractivity contribution in [2.75, 3.05) is 19.7 Å². The Morgan fingerprint density at radius 3 is 2.00 bits per heavy atom. The van der Waals surface area contributed by atoms with Gasteiger partial charge >= 0.3 is 6.18 Å². The number of rotatable bonds is 7. The second-order valence-corrected chi connectivity index (χ2v) is 9.18. The predicted octanol–water partition coefficient (Wildman–Crippen LogP) is 6.14. The summed E-state index contributed by atoms with van der Waals surface area (Å²) in [5.41, 5.74) is 0.278. The first-order valence-corrected chi connectivity index (χ1v) is 11.9. The molecule has 37 heavy (non-hydrogen) atoms. The first-order chi connectivity index (χ1) is 17.6. The third-order valence-corrected chi connectivity index (χ3v) is 6.34. The molecule has 3 aromatic rings. The molecule has 0 unspecified atom stereocenters. The van der Waals surface area contributed by atoms with E-state index in [1.807, 2.05) is 11.8 Å². The molecule has 1 amide bonds. The fourth-order valence-electron chi connectivity index (χ4n) is 4.27. The van der Waals surface area contributed by atoms with Crippen molar-refractivity contribution in [3.8, 4) is 17.2 Å². The molecule has 1 saturated heterocycles. The second kappa shape index (κ2) is 11.2. The number of ether oxygens (including phenoxy) is 2. The van der Waals surface area contributed by atoms with Gasteiger partial charge in [-0.05, 0) is 80.1 Å². The molecule has 0 saturated carbocycles. The van der Waals surface area contributed by atoms with Gasteiger partial charge in [-0.2, -0.15) is 13.2 Å². The zero-order valence-corrected chi connectivity index (χ0v) is 20.5. The third-order valence-electron chi connectivity index (χ3n) is 6.34. The summed E-state index contributed by atoms with van der Waals surface area (Å²) in [7, 11) is 0. The van der Waals surface area contributed by atoms with Crippen LogP contribution in [0, 0.1) is 5.82 Å². The minimum Gasteiger partial charge on any atom is -0.484 e. The van der Waals surface area contributed by atoms with Crippen molar-refractivity contribution in [1.29, 1.82) is 0 Å². The Bertz CT molecular complexity index is 1180. The Labute approximate surface area is 213 Å². The van der Waals surface area contributed by atoms with E-state index in [0.717, 1.165) is 17.7 Å². The van der Waals surface area contributed by atoms with Gasteiger partial charge in [0, 0.05) is 31.7 Å². The molecule has 0 aromatic heterocycles. The SMILES string of the molecule is C[C@@H]1CN(C(=O)COc2ccc(Oc3ccc(C(F)(F)F)cc3)cc2)[C@@H](C)CN1Cc1ccc(F)cc1. The monoisotopic (exact) mass is 516 g/mol. The molecule has 3 aromatic carbocycles. The number of carbonyl (C=O) groups excluding carboxylic acids is 1. The summed E-state index contributed by atoms with van der Waals surface area (Å²) in [6, 6.07) is 17.5. The van der Waals surface area contributed by atoms with Crippen LogP contribution in [0.4, 0.5) is 17.6 Å². The highest BCUT2D eigenvalue weighted by Crippen LogP contribution is 2.31. The first-order valence-electron chi connectivity index (χ1n) is 11.9. The van der Waals surface area contributed by atoms with Gasteiger partial charge in [0.1, 0.15) is 23.1 Å². The van der Waals surface area contributed by atoms with Crippen LogP contribution < -0.4 is 9.47 Å². The fraction of sp³-hybridized carbons (Fsp3) is 0.321. The normalized spacial score (nSPS) is 18.5. The Morgan fingerprint density at radius 2 is 1.41 bits per heavy atom. The molecule has 0 N–H and O–H groups in total. The lowest BCUT2D eigenvalue weighted by atomic mass is 10.1. The topological polar surface area (TPSA) is 42.0 Å². The van der Waals surface area contributed by atoms with Crippen LogP contribution in [0.25, 0.3) is 0 Å². The van der Waals surface area contributed by atoms with Crippen LogP contribution in [0.2, 0.25) is 0 Å². The maximum Gasteiger partial charge on any atom is 0.416 e. The summed E-state index contributed by atoms with van der Waals surface area (Å²) < 4.78 is 62.5. The highest BCUT2D eigenvalue weighted by atomic mass is 19.4. The summed E-state index contributed by atoms with van der Waals surface area (Å²) in [4.78, 5) is 17.0. The van der Waals surface area contributed by atoms with Crippen molar-refractivity contribution < 1.29 is 31.8 Å². The van der Waals surface area contributed by atoms with Crippen LogP contribution in [-0.2, 0) is 17.5 Å². The van der Waals surface area contributed by atoms with E-state index in [1.54, 1.807) is 36.4 Å². The second-order valence-electron chi connectivity index (χ2n) is 9.18. The average molecular weight is 517 g/mol. The highest BCUT2D eigenvalue weighted by molar-refractivity contribution is 5.78. The molecule has 0 aliphatic carbocycles. The van der Waals surface area contributed by atoms with Crippen LogP contribution in [0.15, 0.2) is 72.8 Å². The minimum atomic E-state index is -4.40. The van der Waals surface area contributed by atoms with Crippen molar-refractivity contribution in [2.45, 2.75) is 38.7 Å². The van der Waals surface area contributed by atoms with Gasteiger partial charge in [0.05, 0.1) is 5.56 Å². The molecular weight excluding hydrogens is 488 g/mol. The van der Waals surface area contributed by atoms with E-state index in [2.05, 4.69) is 11.8 Å². The minimum absolute atomic E-state index is 0.00717. The van der Waals surface area contributed by atoms with Crippen LogP contribution in [0.5, 0.6) is 17.2 Å². The molecule has 196 valence electrons. The quantitative estimate of drug-likeness (QED) is 0.354. The zero-order chi connectivity index (χ0) is 26.6. The van der Waals surface area contributed by atoms with Crippen molar-refractivity contribution in [1.82, 2.24) is 9.80 Å². The van der Waals surface area contributed by atoms with Gasteiger partial charge in [0.15, 0.2) is 6.61 Å². The molecule has 9 heteroatoms. The summed E-state index contributed by atoms with van der Waals surface area (Å²) in [5, 5.41) is 0. The number of piperazine rings is 1. The summed E-state index contributed by atoms with van der Waals surface area (Å²) in [6.45, 7) is 5.88. The van der Waals surface area contributed by atoms with E-state index in [-0.39, 0.29) is 36.2 Å². The molecule has 1 fully saturated rings. The zero-order valence-electron chi connectivity index (χ0n) is 20.5. The van der Waals surface area contributed by atoms with Crippen LogP contribution in [-0.4, -0.2) is 47.5 Å². The predicted molar refractivity (Wildman–Crippen MR) is 131 cm³/mol. The molecule has 4 rings (SSSR count). The molecule has 2 atom stereocenters. The lowest BCUT2D eigenvalue weighted by Gasteiger charge is -2.44. The van der Waals surface area contributed by atoms with E-state index in [1.165, 1.54) is 24.3 Å². The van der Waals surface area contributed by atoms with Gasteiger partial charge in [-0.25, -0.2) is 4.39 Å². The molecule has 1 aliphatic heterocycles. The first kappa shape index (κ1) is 26.5. The van der Waals surface area contributed by atoms with Crippen LogP contribution >= 0.6 is 0 Å². The average Bonchev–Trinajstić information content (AvgIpc) is 2.86. The van der Waals surface area contributed by atoms with Gasteiger partial charge in [-0.15, -0.1) is 0 Å². The van der Waals surface area contributed by atoms with Crippen molar-refractivity contribution in [3.05, 3.63) is 89.7 Å². The highest BCUT2D eigenvalue weighted by Gasteiger charge is 2.32. The van der Waals surface area contributed by atoms with E-state index < -0.39 is 11.7 Å². The Hall–Kier alpha value is -3.59. The Kier molecular flexibility index (Phi) is 8.02. The van der Waals surface area contributed by atoms with E-state index >= 15 is 0 Å². The largest absolute Gasteiger partial charge is 0.484 e. The third kappa shape index (κ3) is 7.01. The summed E-state index contributed by atoms with van der Waals surface area (Å²) in [5.74, 6) is 0.799. The maximum absolute atomic E-state index is 13.2. The molecule has 1 heterocycles. The van der Waals surface area contributed by atoms with Crippen molar-refractivity contribution in [2.24, 2.45) is 0 Å². The van der Waals surface area contributed by atoms with Crippen LogP contribution in [0.1, 0.15) is 25.0 Å². The molecule has 1 aliphatic rings. The van der Waals surface area contributed by atoms with E-state index in [0.29, 0.717) is 31.1 Å². The summed E-state index contributed by atoms with van der Waals surface area (Å²) in [6.07, 6.45) is -4.40. The number of amides is 1. The number of nitrogens with zero attached hydrogens (tertiary/aromatic N) is 2. The van der Waals surface area contributed by atoms with Crippen LogP contribution in [0.3, 0.4) is 0 Å². The summed E-state index contributed by atoms with van der Waals surface area (Å²) >= 11 is 0. The molecule has 0 spiro atoms. The molecule has 0 bridgehead atoms. The van der Waals surface area contributed by atoms with Crippen molar-refractivity contribution in [3.63, 3.8) is 0 Å². The number of carbonyl (C=O) groups is 1. The maximum atomic E-state index is 13.2. The number of benzene rings is 3. The number of hydrogen-bond acceptors (Lipinski definition) is 4. The number of alkyl halides is 3. The van der Waals surface area contributed by atoms with E-state index in [4.69, 9.17) is 9.47 Å². The smallest absolute Gasteiger partial charge is 0.416 e. The standard InChI is InChI=1S/C28H28F4N2O3/c1-19-16-34(20(2)15-33(19)17-21-3-7-23(29)8-4-21)27(35)18-36-24-11-13-26(14-12-24)37-25-9-5-22(6-10-25)28(30,31)32/h3-14,19-20H,15-18H2,1-2H3/t19-,20+/m1/s1. The molecule has 0 radical (unpaired) electrons. The fourth-order valence-corrected chi connectivity index (χ4v) is 4.27. The molecular formula is C28H28F4N2O3. The van der Waals surface area contributed by atoms with Gasteiger partial charge in [0.25, 0.3) is 5.91 Å². The Balaban J connectivity index is 1.26. The van der Waals surface area contributed by atoms with Crippen molar-refractivity contribution >= 4 is 5.91 Å². The van der Waals surface area contributed by atoms with Gasteiger partial charge < -0.3 is 14.4 Å². The van der Waals surface area contributed by atoms with Gasteiger partial charge in [0.2, 0.25) is 0 Å². The van der Waals surface area contributed by atoms with Gasteiger partial charge in [-0.3, -0.25) is 9.69 Å². The molecule has 5 nitrogen and oxygen atoms in total. The Morgan fingerprint density at radius 1 is 0.838 bits per heavy atom. The number of hydrogen-bond donors (Lipinski definition) is 0. The van der Waals surface area contributed by atoms with Gasteiger partial charge in [-0.1, -0.05) is 12.1 Å². The van der Waals surface area contributed by atoms with E-state index in [9.17, 15) is 22.4 Å². The lowest BCUT2D eigenvalue weighted by Crippen LogP contribution is -2.58. The number of halogens is 4. The lowest BCUT2D eigenvalue weighted by molar-refractivity contribution is -0.139.